The lowest BCUT2D eigenvalue weighted by molar-refractivity contribution is 0.474. The third-order valence-corrected chi connectivity index (χ3v) is 4.39. The van der Waals surface area contributed by atoms with Crippen LogP contribution in [0.2, 0.25) is 0 Å². The molecule has 0 aliphatic carbocycles. The normalized spacial score (nSPS) is 11.4. The van der Waals surface area contributed by atoms with Gasteiger partial charge in [0.25, 0.3) is 0 Å². The van der Waals surface area contributed by atoms with E-state index in [9.17, 15) is 10.2 Å². The molecule has 0 spiro atoms. The first kappa shape index (κ1) is 15.2. The van der Waals surface area contributed by atoms with Crippen molar-refractivity contribution in [2.24, 2.45) is 0 Å². The van der Waals surface area contributed by atoms with Gasteiger partial charge in [-0.2, -0.15) is 0 Å². The molecule has 3 rings (SSSR count). The molecule has 3 aromatic rings. The van der Waals surface area contributed by atoms with Crippen LogP contribution in [0.25, 0.3) is 11.1 Å². The largest absolute Gasteiger partial charge is 0.508 e. The van der Waals surface area contributed by atoms with Gasteiger partial charge in [0.1, 0.15) is 11.5 Å². The summed E-state index contributed by atoms with van der Waals surface area (Å²) >= 11 is 0. The minimum Gasteiger partial charge on any atom is -0.508 e. The molecule has 0 bridgehead atoms. The van der Waals surface area contributed by atoms with E-state index in [-0.39, 0.29) is 16.9 Å². The summed E-state index contributed by atoms with van der Waals surface area (Å²) in [4.78, 5) is 0. The van der Waals surface area contributed by atoms with Crippen molar-refractivity contribution in [3.63, 3.8) is 0 Å². The maximum Gasteiger partial charge on any atom is 0.123 e. The van der Waals surface area contributed by atoms with Gasteiger partial charge in [0.2, 0.25) is 0 Å². The minimum absolute atomic E-state index is 0.231. The summed E-state index contributed by atoms with van der Waals surface area (Å²) < 4.78 is 0. The van der Waals surface area contributed by atoms with Crippen LogP contribution in [-0.4, -0.2) is 10.2 Å². The number of phenolic OH excluding ortho intramolecular Hbond substituents is 2. The van der Waals surface area contributed by atoms with Crippen LogP contribution in [-0.2, 0) is 5.41 Å². The molecule has 3 aromatic carbocycles. The fourth-order valence-electron chi connectivity index (χ4n) is 2.82. The van der Waals surface area contributed by atoms with E-state index in [1.165, 1.54) is 0 Å². The fraction of sp³-hybridized carbons (Fsp3) is 0.143. The Labute approximate surface area is 136 Å². The summed E-state index contributed by atoms with van der Waals surface area (Å²) in [5, 5.41) is 19.7. The summed E-state index contributed by atoms with van der Waals surface area (Å²) in [5.41, 5.74) is 3.81. The van der Waals surface area contributed by atoms with Gasteiger partial charge in [-0.25, -0.2) is 0 Å². The molecule has 2 N–H and O–H groups in total. The Hall–Kier alpha value is -2.74. The Morgan fingerprint density at radius 1 is 0.696 bits per heavy atom. The second kappa shape index (κ2) is 5.81. The quantitative estimate of drug-likeness (QED) is 0.707. The molecule has 2 heteroatoms. The number of hydrogen-bond donors (Lipinski definition) is 2. The highest BCUT2D eigenvalue weighted by Gasteiger charge is 2.24. The van der Waals surface area contributed by atoms with Crippen LogP contribution >= 0.6 is 0 Å². The molecule has 23 heavy (non-hydrogen) atoms. The zero-order valence-electron chi connectivity index (χ0n) is 13.3. The Morgan fingerprint density at radius 2 is 1.30 bits per heavy atom. The zero-order valence-corrected chi connectivity index (χ0v) is 13.3. The van der Waals surface area contributed by atoms with Gasteiger partial charge in [0.05, 0.1) is 0 Å². The van der Waals surface area contributed by atoms with Crippen LogP contribution < -0.4 is 0 Å². The predicted molar refractivity (Wildman–Crippen MR) is 93.8 cm³/mol. The van der Waals surface area contributed by atoms with Crippen molar-refractivity contribution in [2.75, 3.05) is 0 Å². The van der Waals surface area contributed by atoms with Crippen molar-refractivity contribution in [3.05, 3.63) is 83.9 Å². The van der Waals surface area contributed by atoms with E-state index in [2.05, 4.69) is 13.8 Å². The first-order valence-corrected chi connectivity index (χ1v) is 7.67. The van der Waals surface area contributed by atoms with Crippen LogP contribution in [0.5, 0.6) is 11.5 Å². The van der Waals surface area contributed by atoms with Crippen LogP contribution in [0.3, 0.4) is 0 Å². The molecule has 0 saturated carbocycles. The second-order valence-electron chi connectivity index (χ2n) is 6.27. The average Bonchev–Trinajstić information content (AvgIpc) is 2.56. The van der Waals surface area contributed by atoms with E-state index >= 15 is 0 Å². The third-order valence-electron chi connectivity index (χ3n) is 4.39. The van der Waals surface area contributed by atoms with Gasteiger partial charge in [-0.3, -0.25) is 0 Å². The molecule has 0 heterocycles. The summed E-state index contributed by atoms with van der Waals surface area (Å²) in [6.45, 7) is 4.28. The van der Waals surface area contributed by atoms with Crippen molar-refractivity contribution < 1.29 is 10.2 Å². The Morgan fingerprint density at radius 3 is 1.96 bits per heavy atom. The lowest BCUT2D eigenvalue weighted by Gasteiger charge is -2.27. The molecule has 0 radical (unpaired) electrons. The first-order chi connectivity index (χ1) is 11.0. The molecule has 0 aliphatic heterocycles. The molecule has 0 atom stereocenters. The van der Waals surface area contributed by atoms with Gasteiger partial charge in [-0.15, -0.1) is 0 Å². The number of aromatic hydroxyl groups is 2. The summed E-state index contributed by atoms with van der Waals surface area (Å²) in [6, 6.07) is 22.9. The van der Waals surface area contributed by atoms with E-state index < -0.39 is 0 Å². The summed E-state index contributed by atoms with van der Waals surface area (Å²) in [5.74, 6) is 0.543. The highest BCUT2D eigenvalue weighted by Crippen LogP contribution is 2.37. The second-order valence-corrected chi connectivity index (χ2v) is 6.27. The Kier molecular flexibility index (Phi) is 3.83. The van der Waals surface area contributed by atoms with Crippen molar-refractivity contribution in [1.29, 1.82) is 0 Å². The number of hydrogen-bond acceptors (Lipinski definition) is 2. The van der Waals surface area contributed by atoms with Crippen molar-refractivity contribution in [1.82, 2.24) is 0 Å². The number of phenols is 2. The van der Waals surface area contributed by atoms with Gasteiger partial charge in [0.15, 0.2) is 0 Å². The molecule has 0 fully saturated rings. The van der Waals surface area contributed by atoms with E-state index in [1.807, 2.05) is 54.6 Å². The van der Waals surface area contributed by atoms with Crippen molar-refractivity contribution >= 4 is 0 Å². The lowest BCUT2D eigenvalue weighted by Crippen LogP contribution is -2.18. The Bertz CT molecular complexity index is 803. The van der Waals surface area contributed by atoms with Crippen LogP contribution in [0.4, 0.5) is 0 Å². The third kappa shape index (κ3) is 2.93. The fourth-order valence-corrected chi connectivity index (χ4v) is 2.82. The Balaban J connectivity index is 2.08. The SMILES string of the molecule is CC(C)(c1ccc(O)cc1)c1ccc(O)c(-c2ccccc2)c1. The van der Waals surface area contributed by atoms with Crippen molar-refractivity contribution in [2.45, 2.75) is 19.3 Å². The summed E-state index contributed by atoms with van der Waals surface area (Å²) in [6.07, 6.45) is 0. The molecule has 0 aromatic heterocycles. The number of benzene rings is 3. The molecular weight excluding hydrogens is 284 g/mol. The standard InChI is InChI=1S/C21H20O2/c1-21(2,16-8-11-18(22)12-9-16)17-10-13-20(23)19(14-17)15-6-4-3-5-7-15/h3-14,22-23H,1-2H3. The zero-order chi connectivity index (χ0) is 16.4. The van der Waals surface area contributed by atoms with Gasteiger partial charge in [-0.1, -0.05) is 62.4 Å². The maximum absolute atomic E-state index is 10.2. The smallest absolute Gasteiger partial charge is 0.123 e. The summed E-state index contributed by atoms with van der Waals surface area (Å²) in [7, 11) is 0. The topological polar surface area (TPSA) is 40.5 Å². The van der Waals surface area contributed by atoms with Crippen LogP contribution in [0.15, 0.2) is 72.8 Å². The van der Waals surface area contributed by atoms with E-state index in [1.54, 1.807) is 18.2 Å². The maximum atomic E-state index is 10.2. The highest BCUT2D eigenvalue weighted by atomic mass is 16.3. The van der Waals surface area contributed by atoms with Gasteiger partial charge in [-0.05, 0) is 41.0 Å². The first-order valence-electron chi connectivity index (χ1n) is 7.67. The molecule has 0 aliphatic rings. The molecule has 116 valence electrons. The predicted octanol–water partition coefficient (Wildman–Crippen LogP) is 5.09. The van der Waals surface area contributed by atoms with Gasteiger partial charge in [0, 0.05) is 11.0 Å². The molecule has 2 nitrogen and oxygen atoms in total. The molecule has 0 unspecified atom stereocenters. The van der Waals surface area contributed by atoms with E-state index in [0.29, 0.717) is 0 Å². The van der Waals surface area contributed by atoms with Gasteiger partial charge >= 0.3 is 0 Å². The van der Waals surface area contributed by atoms with E-state index in [0.717, 1.165) is 22.3 Å². The van der Waals surface area contributed by atoms with Crippen LogP contribution in [0.1, 0.15) is 25.0 Å². The van der Waals surface area contributed by atoms with Crippen LogP contribution in [0, 0.1) is 0 Å². The average molecular weight is 304 g/mol. The lowest BCUT2D eigenvalue weighted by atomic mass is 9.77. The number of rotatable bonds is 3. The van der Waals surface area contributed by atoms with E-state index in [4.69, 9.17) is 0 Å². The monoisotopic (exact) mass is 304 g/mol. The molecule has 0 saturated heterocycles. The highest BCUT2D eigenvalue weighted by molar-refractivity contribution is 5.71. The van der Waals surface area contributed by atoms with Crippen molar-refractivity contribution in [3.8, 4) is 22.6 Å². The molecular formula is C21H20O2. The molecule has 0 amide bonds. The van der Waals surface area contributed by atoms with Gasteiger partial charge < -0.3 is 10.2 Å². The minimum atomic E-state index is -0.231.